The number of benzene rings is 2. The van der Waals surface area contributed by atoms with Gasteiger partial charge in [-0.1, -0.05) is 11.6 Å². The predicted octanol–water partition coefficient (Wildman–Crippen LogP) is 4.57. The van der Waals surface area contributed by atoms with E-state index in [0.29, 0.717) is 10.8 Å². The molecular formula is C20H18ClN5O6. The first-order valence-corrected chi connectivity index (χ1v) is 9.62. The second-order valence-corrected chi connectivity index (χ2v) is 7.37. The first kappa shape index (κ1) is 22.7. The van der Waals surface area contributed by atoms with Gasteiger partial charge in [-0.05, 0) is 50.1 Å². The minimum Gasteiger partial charge on any atom is -0.471 e. The fraction of sp³-hybridized carbons (Fsp3) is 0.200. The van der Waals surface area contributed by atoms with E-state index in [1.54, 1.807) is 12.1 Å². The minimum absolute atomic E-state index is 0.00273. The van der Waals surface area contributed by atoms with Crippen molar-refractivity contribution in [2.24, 2.45) is 0 Å². The van der Waals surface area contributed by atoms with Crippen LogP contribution in [0, 0.1) is 41.0 Å². The molecule has 0 saturated carbocycles. The molecule has 0 unspecified atom stereocenters. The standard InChI is InChI=1S/C20H18ClN5O6/c1-11-6-15(7-12(2)19(11)21)32-10-24-5-4-16(23-24)20(27)22-14-8-17(25(28)29)13(3)18(9-14)26(30)31/h4-9H,10H2,1-3H3,(H,22,27). The van der Waals surface area contributed by atoms with E-state index in [0.717, 1.165) is 23.3 Å². The molecule has 0 radical (unpaired) electrons. The highest BCUT2D eigenvalue weighted by Crippen LogP contribution is 2.32. The lowest BCUT2D eigenvalue weighted by Crippen LogP contribution is -2.15. The number of rotatable bonds is 7. The molecule has 11 nitrogen and oxygen atoms in total. The van der Waals surface area contributed by atoms with E-state index in [1.165, 1.54) is 23.9 Å². The second kappa shape index (κ2) is 9.02. The Morgan fingerprint density at radius 3 is 2.19 bits per heavy atom. The van der Waals surface area contributed by atoms with Crippen molar-refractivity contribution in [3.05, 3.63) is 84.2 Å². The molecule has 0 aliphatic heterocycles. The van der Waals surface area contributed by atoms with E-state index < -0.39 is 27.1 Å². The molecule has 1 heterocycles. The van der Waals surface area contributed by atoms with Crippen LogP contribution in [-0.2, 0) is 6.73 Å². The van der Waals surface area contributed by atoms with Gasteiger partial charge < -0.3 is 10.1 Å². The SMILES string of the molecule is Cc1cc(OCn2ccc(C(=O)Nc3cc([N+](=O)[O-])c(C)c([N+](=O)[O-])c3)n2)cc(C)c1Cl. The zero-order chi connectivity index (χ0) is 23.6. The summed E-state index contributed by atoms with van der Waals surface area (Å²) in [7, 11) is 0. The number of aromatic nitrogens is 2. The Kier molecular flexibility index (Phi) is 6.40. The van der Waals surface area contributed by atoms with Crippen LogP contribution < -0.4 is 10.1 Å². The monoisotopic (exact) mass is 459 g/mol. The summed E-state index contributed by atoms with van der Waals surface area (Å²) in [5.41, 5.74) is 0.600. The topological polar surface area (TPSA) is 142 Å². The third kappa shape index (κ3) is 4.83. The smallest absolute Gasteiger partial charge is 0.281 e. The number of amides is 1. The Labute approximate surface area is 186 Å². The van der Waals surface area contributed by atoms with Crippen LogP contribution >= 0.6 is 11.6 Å². The summed E-state index contributed by atoms with van der Waals surface area (Å²) in [5.74, 6) is -0.0976. The van der Waals surface area contributed by atoms with Crippen molar-refractivity contribution in [2.75, 3.05) is 5.32 Å². The maximum atomic E-state index is 12.5. The lowest BCUT2D eigenvalue weighted by Gasteiger charge is -2.10. The lowest BCUT2D eigenvalue weighted by atomic mass is 10.1. The van der Waals surface area contributed by atoms with Crippen molar-refractivity contribution in [3.63, 3.8) is 0 Å². The third-order valence-electron chi connectivity index (χ3n) is 4.65. The van der Waals surface area contributed by atoms with Crippen LogP contribution in [0.3, 0.4) is 0 Å². The van der Waals surface area contributed by atoms with Gasteiger partial charge in [-0.15, -0.1) is 0 Å². The molecule has 0 fully saturated rings. The average Bonchev–Trinajstić information content (AvgIpc) is 3.20. The number of carbonyl (C=O) groups excluding carboxylic acids is 1. The van der Waals surface area contributed by atoms with Gasteiger partial charge in [0.2, 0.25) is 0 Å². The van der Waals surface area contributed by atoms with Crippen LogP contribution in [0.15, 0.2) is 36.5 Å². The molecule has 3 aromatic rings. The van der Waals surface area contributed by atoms with Crippen molar-refractivity contribution < 1.29 is 19.4 Å². The van der Waals surface area contributed by atoms with Gasteiger partial charge in [0, 0.05) is 23.4 Å². The Balaban J connectivity index is 1.74. The molecule has 166 valence electrons. The highest BCUT2D eigenvalue weighted by molar-refractivity contribution is 6.32. The maximum Gasteiger partial charge on any atom is 0.281 e. The lowest BCUT2D eigenvalue weighted by molar-refractivity contribution is -0.395. The summed E-state index contributed by atoms with van der Waals surface area (Å²) in [6.07, 6.45) is 1.52. The first-order valence-electron chi connectivity index (χ1n) is 9.24. The van der Waals surface area contributed by atoms with Gasteiger partial charge in [0.1, 0.15) is 11.3 Å². The molecule has 1 aromatic heterocycles. The number of ether oxygens (including phenoxy) is 1. The number of hydrogen-bond acceptors (Lipinski definition) is 7. The molecule has 0 spiro atoms. The van der Waals surface area contributed by atoms with Gasteiger partial charge in [-0.2, -0.15) is 5.10 Å². The molecule has 1 amide bonds. The van der Waals surface area contributed by atoms with Crippen molar-refractivity contribution in [1.29, 1.82) is 0 Å². The van der Waals surface area contributed by atoms with Crippen LogP contribution in [0.5, 0.6) is 5.75 Å². The fourth-order valence-electron chi connectivity index (χ4n) is 3.02. The normalized spacial score (nSPS) is 10.6. The van der Waals surface area contributed by atoms with Crippen LogP contribution in [0.25, 0.3) is 0 Å². The number of halogens is 1. The molecule has 2 aromatic carbocycles. The zero-order valence-electron chi connectivity index (χ0n) is 17.3. The Hall–Kier alpha value is -3.99. The van der Waals surface area contributed by atoms with Crippen molar-refractivity contribution >= 4 is 34.6 Å². The van der Waals surface area contributed by atoms with Gasteiger partial charge in [0.15, 0.2) is 12.4 Å². The minimum atomic E-state index is -0.746. The second-order valence-electron chi connectivity index (χ2n) is 6.99. The summed E-state index contributed by atoms with van der Waals surface area (Å²) < 4.78 is 7.06. The van der Waals surface area contributed by atoms with E-state index in [1.807, 2.05) is 13.8 Å². The number of nitrogens with one attached hydrogen (secondary N) is 1. The van der Waals surface area contributed by atoms with Crippen LogP contribution in [0.4, 0.5) is 17.1 Å². The van der Waals surface area contributed by atoms with E-state index >= 15 is 0 Å². The molecule has 3 rings (SSSR count). The number of nitro benzene ring substituents is 2. The van der Waals surface area contributed by atoms with Gasteiger partial charge in [0.25, 0.3) is 17.3 Å². The number of anilines is 1. The fourth-order valence-corrected chi connectivity index (χ4v) is 3.12. The van der Waals surface area contributed by atoms with Crippen LogP contribution in [0.2, 0.25) is 5.02 Å². The molecule has 1 N–H and O–H groups in total. The third-order valence-corrected chi connectivity index (χ3v) is 5.25. The van der Waals surface area contributed by atoms with Gasteiger partial charge >= 0.3 is 0 Å². The number of nitrogens with zero attached hydrogens (tertiary/aromatic N) is 4. The van der Waals surface area contributed by atoms with Crippen molar-refractivity contribution in [3.8, 4) is 5.75 Å². The number of carbonyl (C=O) groups is 1. The molecule has 12 heteroatoms. The van der Waals surface area contributed by atoms with Gasteiger partial charge in [-0.3, -0.25) is 25.0 Å². The molecule has 0 aliphatic rings. The molecule has 0 atom stereocenters. The van der Waals surface area contributed by atoms with Crippen molar-refractivity contribution in [1.82, 2.24) is 9.78 Å². The summed E-state index contributed by atoms with van der Waals surface area (Å²) in [5, 5.41) is 29.5. The largest absolute Gasteiger partial charge is 0.471 e. The van der Waals surface area contributed by atoms with Gasteiger partial charge in [0.05, 0.1) is 15.5 Å². The first-order chi connectivity index (χ1) is 15.1. The van der Waals surface area contributed by atoms with Crippen LogP contribution in [0.1, 0.15) is 27.2 Å². The quantitative estimate of drug-likeness (QED) is 0.402. The zero-order valence-corrected chi connectivity index (χ0v) is 18.0. The molecule has 0 saturated heterocycles. The highest BCUT2D eigenvalue weighted by atomic mass is 35.5. The van der Waals surface area contributed by atoms with Crippen LogP contribution in [-0.4, -0.2) is 25.5 Å². The van der Waals surface area contributed by atoms with E-state index in [2.05, 4.69) is 10.4 Å². The summed E-state index contributed by atoms with van der Waals surface area (Å²) >= 11 is 6.14. The Morgan fingerprint density at radius 2 is 1.66 bits per heavy atom. The molecule has 0 aliphatic carbocycles. The Morgan fingerprint density at radius 1 is 1.09 bits per heavy atom. The number of nitro groups is 2. The predicted molar refractivity (Wildman–Crippen MR) is 116 cm³/mol. The Bertz CT molecular complexity index is 1180. The van der Waals surface area contributed by atoms with Crippen molar-refractivity contribution in [2.45, 2.75) is 27.5 Å². The number of aryl methyl sites for hydroxylation is 2. The van der Waals surface area contributed by atoms with Gasteiger partial charge in [-0.25, -0.2) is 4.68 Å². The molecule has 0 bridgehead atoms. The van der Waals surface area contributed by atoms with E-state index in [4.69, 9.17) is 16.3 Å². The summed E-state index contributed by atoms with van der Waals surface area (Å²) in [6, 6.07) is 7.11. The molecule has 32 heavy (non-hydrogen) atoms. The average molecular weight is 460 g/mol. The highest BCUT2D eigenvalue weighted by Gasteiger charge is 2.24. The van der Waals surface area contributed by atoms with E-state index in [-0.39, 0.29) is 23.7 Å². The van der Waals surface area contributed by atoms with E-state index in [9.17, 15) is 25.0 Å². The summed E-state index contributed by atoms with van der Waals surface area (Å²) in [4.78, 5) is 33.4. The summed E-state index contributed by atoms with van der Waals surface area (Å²) in [6.45, 7) is 5.01. The maximum absolute atomic E-state index is 12.5. The molecular weight excluding hydrogens is 442 g/mol. The number of hydrogen-bond donors (Lipinski definition) is 1.